The Morgan fingerprint density at radius 1 is 1.14 bits per heavy atom. The Kier molecular flexibility index (Phi) is 7.23. The molecule has 2 N–H and O–H groups in total. The number of nitrogens with zero attached hydrogens (tertiary/aromatic N) is 5. The summed E-state index contributed by atoms with van der Waals surface area (Å²) in [6, 6.07) is 5.47. The zero-order valence-corrected chi connectivity index (χ0v) is 19.2. The molecule has 0 radical (unpaired) electrons. The van der Waals surface area contributed by atoms with Gasteiger partial charge in [-0.1, -0.05) is 0 Å². The first-order valence-electron chi connectivity index (χ1n) is 11.5. The van der Waals surface area contributed by atoms with Gasteiger partial charge in [-0.15, -0.1) is 0 Å². The number of hydrogen-bond acceptors (Lipinski definition) is 8. The first kappa shape index (κ1) is 25.2. The van der Waals surface area contributed by atoms with Crippen LogP contribution in [0.15, 0.2) is 29.3 Å². The molecule has 190 valence electrons. The second-order valence-corrected chi connectivity index (χ2v) is 8.83. The molecule has 1 aliphatic carbocycles. The van der Waals surface area contributed by atoms with Crippen LogP contribution in [0, 0.1) is 23.2 Å². The lowest BCUT2D eigenvalue weighted by atomic mass is 9.98. The lowest BCUT2D eigenvalue weighted by molar-refractivity contribution is -0.138. The van der Waals surface area contributed by atoms with E-state index in [4.69, 9.17) is 5.26 Å². The summed E-state index contributed by atoms with van der Waals surface area (Å²) in [5, 5.41) is 16.6. The predicted octanol–water partition coefficient (Wildman–Crippen LogP) is 1.80. The number of H-pyrrole nitrogens is 1. The molecule has 2 aliphatic rings. The van der Waals surface area contributed by atoms with Gasteiger partial charge < -0.3 is 15.1 Å². The first-order valence-corrected chi connectivity index (χ1v) is 11.5. The summed E-state index contributed by atoms with van der Waals surface area (Å²) in [5.74, 6) is -0.605. The number of alkyl halides is 3. The van der Waals surface area contributed by atoms with E-state index in [1.165, 1.54) is 6.20 Å². The van der Waals surface area contributed by atoms with Gasteiger partial charge in [0.25, 0.3) is 5.56 Å². The molecule has 36 heavy (non-hydrogen) atoms. The molecule has 1 saturated carbocycles. The number of piperazine rings is 1. The Balaban J connectivity index is 1.28. The number of anilines is 2. The lowest BCUT2D eigenvalue weighted by Crippen LogP contribution is -2.49. The molecule has 2 aromatic rings. The number of halogens is 3. The van der Waals surface area contributed by atoms with Crippen LogP contribution in [0.1, 0.15) is 30.4 Å². The topological polar surface area (TPSA) is 135 Å². The van der Waals surface area contributed by atoms with Gasteiger partial charge >= 0.3 is 6.18 Å². The Morgan fingerprint density at radius 2 is 1.86 bits per heavy atom. The number of amides is 1. The summed E-state index contributed by atoms with van der Waals surface area (Å²) in [4.78, 5) is 45.2. The summed E-state index contributed by atoms with van der Waals surface area (Å²) in [6.07, 6.45) is -1.51. The van der Waals surface area contributed by atoms with Gasteiger partial charge in [-0.3, -0.25) is 14.4 Å². The highest BCUT2D eigenvalue weighted by Crippen LogP contribution is 2.33. The van der Waals surface area contributed by atoms with Crippen molar-refractivity contribution in [1.29, 1.82) is 5.26 Å². The van der Waals surface area contributed by atoms with E-state index in [1.54, 1.807) is 22.1 Å². The highest BCUT2D eigenvalue weighted by Gasteiger charge is 2.39. The second kappa shape index (κ2) is 10.3. The van der Waals surface area contributed by atoms with Crippen LogP contribution in [-0.4, -0.2) is 64.5 Å². The molecular weight excluding hydrogens is 479 g/mol. The standard InChI is InChI=1S/C23H24F3N7O3/c24-23(25,26)20-17(13-30-31-22(20)36)28-12-16-3-2-15(21(16)35)9-19(34)33-7-5-32(6-8-33)18-4-1-14(10-27)11-29-18/h1,4,11,13,15-16H,2-3,5-9,12H2,(H2,28,31,36)/t15-,16+/m0/s1. The molecule has 4 rings (SSSR count). The number of pyridine rings is 1. The molecule has 3 heterocycles. The predicted molar refractivity (Wildman–Crippen MR) is 122 cm³/mol. The lowest BCUT2D eigenvalue weighted by Gasteiger charge is -2.35. The van der Waals surface area contributed by atoms with Crippen molar-refractivity contribution >= 4 is 23.2 Å². The quantitative estimate of drug-likeness (QED) is 0.609. The zero-order valence-electron chi connectivity index (χ0n) is 19.2. The number of Topliss-reactive ketones (excluding diaryl/α,β-unsaturated/α-hetero) is 1. The number of ketones is 1. The average molecular weight is 503 g/mol. The van der Waals surface area contributed by atoms with E-state index in [9.17, 15) is 27.6 Å². The maximum absolute atomic E-state index is 13.2. The van der Waals surface area contributed by atoms with Crippen molar-refractivity contribution in [2.45, 2.75) is 25.4 Å². The summed E-state index contributed by atoms with van der Waals surface area (Å²) in [7, 11) is 0. The van der Waals surface area contributed by atoms with Crippen molar-refractivity contribution < 1.29 is 22.8 Å². The summed E-state index contributed by atoms with van der Waals surface area (Å²) in [5.41, 5.74) is -2.75. The molecule has 0 spiro atoms. The average Bonchev–Trinajstić information content (AvgIpc) is 3.20. The number of nitrogens with one attached hydrogen (secondary N) is 2. The summed E-state index contributed by atoms with van der Waals surface area (Å²) >= 11 is 0. The molecule has 1 aliphatic heterocycles. The molecule has 2 fully saturated rings. The normalized spacial score (nSPS) is 20.3. The van der Waals surface area contributed by atoms with Crippen LogP contribution in [0.5, 0.6) is 0 Å². The number of nitriles is 1. The molecule has 2 aromatic heterocycles. The SMILES string of the molecule is N#Cc1ccc(N2CCN(C(=O)C[C@@H]3CC[C@H](CNc4cn[nH]c(=O)c4C(F)(F)F)C3=O)CC2)nc1. The molecule has 2 atom stereocenters. The number of hydrogen-bond donors (Lipinski definition) is 2. The van der Waals surface area contributed by atoms with E-state index < -0.39 is 34.8 Å². The van der Waals surface area contributed by atoms with E-state index in [1.807, 2.05) is 11.0 Å². The van der Waals surface area contributed by atoms with Gasteiger partial charge in [-0.2, -0.15) is 23.5 Å². The molecular formula is C23H24F3N7O3. The Morgan fingerprint density at radius 3 is 2.50 bits per heavy atom. The summed E-state index contributed by atoms with van der Waals surface area (Å²) in [6.45, 7) is 2.02. The van der Waals surface area contributed by atoms with Gasteiger partial charge in [-0.25, -0.2) is 10.1 Å². The van der Waals surface area contributed by atoms with Crippen LogP contribution in [-0.2, 0) is 15.8 Å². The first-order chi connectivity index (χ1) is 17.2. The Hall–Kier alpha value is -3.95. The minimum atomic E-state index is -4.87. The minimum absolute atomic E-state index is 0.0603. The fourth-order valence-corrected chi connectivity index (χ4v) is 4.64. The summed E-state index contributed by atoms with van der Waals surface area (Å²) < 4.78 is 39.6. The maximum atomic E-state index is 13.2. The number of carbonyl (C=O) groups is 2. The van der Waals surface area contributed by atoms with Crippen LogP contribution >= 0.6 is 0 Å². The fourth-order valence-electron chi connectivity index (χ4n) is 4.64. The van der Waals surface area contributed by atoms with E-state index in [-0.39, 0.29) is 24.7 Å². The zero-order chi connectivity index (χ0) is 25.9. The smallest absolute Gasteiger partial charge is 0.382 e. The van der Waals surface area contributed by atoms with Crippen LogP contribution in [0.4, 0.5) is 24.7 Å². The second-order valence-electron chi connectivity index (χ2n) is 8.83. The number of rotatable bonds is 6. The molecule has 1 amide bonds. The van der Waals surface area contributed by atoms with Gasteiger partial charge in [0.05, 0.1) is 17.4 Å². The largest absolute Gasteiger partial charge is 0.423 e. The van der Waals surface area contributed by atoms with E-state index in [0.717, 1.165) is 12.0 Å². The monoisotopic (exact) mass is 503 g/mol. The maximum Gasteiger partial charge on any atom is 0.423 e. The van der Waals surface area contributed by atoms with Crippen LogP contribution < -0.4 is 15.8 Å². The van der Waals surface area contributed by atoms with Crippen molar-refractivity contribution in [3.63, 3.8) is 0 Å². The van der Waals surface area contributed by atoms with E-state index in [2.05, 4.69) is 15.4 Å². The molecule has 10 nitrogen and oxygen atoms in total. The van der Waals surface area contributed by atoms with Gasteiger partial charge in [0.1, 0.15) is 23.2 Å². The van der Waals surface area contributed by atoms with Crippen molar-refractivity contribution in [3.05, 3.63) is 46.0 Å². The third-order valence-electron chi connectivity index (χ3n) is 6.60. The van der Waals surface area contributed by atoms with Crippen molar-refractivity contribution in [2.24, 2.45) is 11.8 Å². The third-order valence-corrected chi connectivity index (χ3v) is 6.60. The van der Waals surface area contributed by atoms with E-state index in [0.29, 0.717) is 44.6 Å². The fraction of sp³-hybridized carbons (Fsp3) is 0.478. The Bertz CT molecular complexity index is 1220. The molecule has 0 bridgehead atoms. The third kappa shape index (κ3) is 5.48. The van der Waals surface area contributed by atoms with Gasteiger partial charge in [0.2, 0.25) is 5.91 Å². The Labute approximate surface area is 204 Å². The van der Waals surface area contributed by atoms with Crippen molar-refractivity contribution in [2.75, 3.05) is 42.9 Å². The highest BCUT2D eigenvalue weighted by atomic mass is 19.4. The number of carbonyl (C=O) groups excluding carboxylic acids is 2. The van der Waals surface area contributed by atoms with E-state index >= 15 is 0 Å². The van der Waals surface area contributed by atoms with Crippen molar-refractivity contribution in [1.82, 2.24) is 20.1 Å². The highest BCUT2D eigenvalue weighted by molar-refractivity contribution is 5.90. The van der Waals surface area contributed by atoms with Crippen LogP contribution in [0.2, 0.25) is 0 Å². The number of aromatic amines is 1. The molecule has 0 aromatic carbocycles. The van der Waals surface area contributed by atoms with Crippen LogP contribution in [0.25, 0.3) is 0 Å². The van der Waals surface area contributed by atoms with Crippen LogP contribution in [0.3, 0.4) is 0 Å². The van der Waals surface area contributed by atoms with Gasteiger partial charge in [-0.05, 0) is 25.0 Å². The minimum Gasteiger partial charge on any atom is -0.382 e. The molecule has 1 saturated heterocycles. The van der Waals surface area contributed by atoms with Gasteiger partial charge in [0, 0.05) is 57.2 Å². The van der Waals surface area contributed by atoms with Crippen molar-refractivity contribution in [3.8, 4) is 6.07 Å². The number of aromatic nitrogens is 3. The van der Waals surface area contributed by atoms with Gasteiger partial charge in [0.15, 0.2) is 0 Å². The molecule has 13 heteroatoms. The molecule has 0 unspecified atom stereocenters.